The quantitative estimate of drug-likeness (QED) is 0.374. The number of nitrogens with one attached hydrogen (secondary N) is 4. The second-order valence-corrected chi connectivity index (χ2v) is 8.93. The fourth-order valence-corrected chi connectivity index (χ4v) is 2.11. The first kappa shape index (κ1) is 24.9. The molecule has 0 rings (SSSR count). The van der Waals surface area contributed by atoms with Crippen molar-refractivity contribution in [3.05, 3.63) is 0 Å². The third-order valence-corrected chi connectivity index (χ3v) is 3.95. The Labute approximate surface area is 160 Å². The summed E-state index contributed by atoms with van der Waals surface area (Å²) in [5.74, 6) is 0.225. The lowest BCUT2D eigenvalue weighted by Gasteiger charge is -2.17. The summed E-state index contributed by atoms with van der Waals surface area (Å²) < 4.78 is 0. The molecule has 2 amide bonds. The highest BCUT2D eigenvalue weighted by atomic mass is 16.2. The monoisotopic (exact) mass is 370 g/mol. The zero-order valence-electron chi connectivity index (χ0n) is 17.9. The Morgan fingerprint density at radius 2 is 0.846 bits per heavy atom. The number of rotatable bonds is 13. The standard InChI is InChI=1S/C20H42N4O2/c1-19(2,3)17(25)23-15-9-13-21-11-7-8-12-22-14-10-16-24-18(26)20(4,5)6/h21-22H,7-16H2,1-6H3,(H,23,25)(H,24,26). The van der Waals surface area contributed by atoms with Crippen LogP contribution in [-0.4, -0.2) is 51.1 Å². The highest BCUT2D eigenvalue weighted by Gasteiger charge is 2.20. The Hall–Kier alpha value is -1.14. The number of amides is 2. The molecular formula is C20H42N4O2. The molecule has 0 aromatic carbocycles. The lowest BCUT2D eigenvalue weighted by Crippen LogP contribution is -2.36. The van der Waals surface area contributed by atoms with E-state index in [1.807, 2.05) is 41.5 Å². The third-order valence-electron chi connectivity index (χ3n) is 3.95. The average Bonchev–Trinajstić information content (AvgIpc) is 2.52. The Kier molecular flexibility index (Phi) is 12.5. The van der Waals surface area contributed by atoms with Gasteiger partial charge < -0.3 is 21.3 Å². The van der Waals surface area contributed by atoms with Gasteiger partial charge in [-0.15, -0.1) is 0 Å². The van der Waals surface area contributed by atoms with Crippen molar-refractivity contribution in [2.75, 3.05) is 39.3 Å². The molecule has 0 saturated heterocycles. The predicted octanol–water partition coefficient (Wildman–Crippen LogP) is 2.05. The van der Waals surface area contributed by atoms with Crippen molar-refractivity contribution in [3.8, 4) is 0 Å². The van der Waals surface area contributed by atoms with E-state index in [9.17, 15) is 9.59 Å². The summed E-state index contributed by atoms with van der Waals surface area (Å²) in [6.07, 6.45) is 4.20. The summed E-state index contributed by atoms with van der Waals surface area (Å²) in [5, 5.41) is 12.7. The van der Waals surface area contributed by atoms with Gasteiger partial charge in [0.25, 0.3) is 0 Å². The molecule has 6 heteroatoms. The van der Waals surface area contributed by atoms with Crippen LogP contribution in [0.5, 0.6) is 0 Å². The number of carbonyl (C=O) groups is 2. The summed E-state index contributed by atoms with van der Waals surface area (Å²) in [4.78, 5) is 23.4. The van der Waals surface area contributed by atoms with Crippen LogP contribution in [0, 0.1) is 10.8 Å². The van der Waals surface area contributed by atoms with E-state index in [-0.39, 0.29) is 22.6 Å². The molecule has 6 nitrogen and oxygen atoms in total. The molecule has 0 radical (unpaired) electrons. The van der Waals surface area contributed by atoms with E-state index in [1.165, 1.54) is 0 Å². The molecular weight excluding hydrogens is 328 g/mol. The molecule has 0 aliphatic carbocycles. The van der Waals surface area contributed by atoms with Crippen molar-refractivity contribution in [3.63, 3.8) is 0 Å². The molecule has 0 aromatic rings. The van der Waals surface area contributed by atoms with Crippen molar-refractivity contribution >= 4 is 11.8 Å². The first-order chi connectivity index (χ1) is 12.0. The van der Waals surface area contributed by atoms with Crippen molar-refractivity contribution in [2.45, 2.75) is 67.2 Å². The van der Waals surface area contributed by atoms with Crippen LogP contribution in [0.3, 0.4) is 0 Å². The SMILES string of the molecule is CC(C)(C)C(=O)NCCCNCCCCNCCCNC(=O)C(C)(C)C. The van der Waals surface area contributed by atoms with Gasteiger partial charge in [0.05, 0.1) is 0 Å². The normalized spacial score (nSPS) is 12.1. The summed E-state index contributed by atoms with van der Waals surface area (Å²) in [6, 6.07) is 0. The molecule has 26 heavy (non-hydrogen) atoms. The Bertz CT molecular complexity index is 360. The zero-order chi connectivity index (χ0) is 20.1. The minimum atomic E-state index is -0.307. The molecule has 4 N–H and O–H groups in total. The van der Waals surface area contributed by atoms with Crippen LogP contribution in [0.2, 0.25) is 0 Å². The largest absolute Gasteiger partial charge is 0.356 e. The van der Waals surface area contributed by atoms with Gasteiger partial charge in [0.2, 0.25) is 11.8 Å². The van der Waals surface area contributed by atoms with Gasteiger partial charge >= 0.3 is 0 Å². The molecule has 0 fully saturated rings. The lowest BCUT2D eigenvalue weighted by atomic mass is 9.96. The van der Waals surface area contributed by atoms with Crippen LogP contribution in [0.15, 0.2) is 0 Å². The summed E-state index contributed by atoms with van der Waals surface area (Å²) >= 11 is 0. The van der Waals surface area contributed by atoms with Gasteiger partial charge in [-0.25, -0.2) is 0 Å². The van der Waals surface area contributed by atoms with Gasteiger partial charge in [-0.3, -0.25) is 9.59 Å². The predicted molar refractivity (Wildman–Crippen MR) is 109 cm³/mol. The molecule has 0 spiro atoms. The minimum absolute atomic E-state index is 0.113. The molecule has 0 saturated carbocycles. The first-order valence-corrected chi connectivity index (χ1v) is 10.0. The Balaban J connectivity index is 3.28. The van der Waals surface area contributed by atoms with E-state index in [0.29, 0.717) is 0 Å². The van der Waals surface area contributed by atoms with Crippen molar-refractivity contribution in [2.24, 2.45) is 10.8 Å². The second-order valence-electron chi connectivity index (χ2n) is 8.93. The lowest BCUT2D eigenvalue weighted by molar-refractivity contribution is -0.129. The Morgan fingerprint density at radius 3 is 1.15 bits per heavy atom. The van der Waals surface area contributed by atoms with Gasteiger partial charge in [0.15, 0.2) is 0 Å². The van der Waals surface area contributed by atoms with Gasteiger partial charge in [-0.05, 0) is 51.9 Å². The highest BCUT2D eigenvalue weighted by molar-refractivity contribution is 5.81. The number of unbranched alkanes of at least 4 members (excludes halogenated alkanes) is 1. The average molecular weight is 371 g/mol. The summed E-state index contributed by atoms with van der Waals surface area (Å²) in [7, 11) is 0. The zero-order valence-corrected chi connectivity index (χ0v) is 17.9. The van der Waals surface area contributed by atoms with Crippen LogP contribution >= 0.6 is 0 Å². The summed E-state index contributed by atoms with van der Waals surface area (Å²) in [5.41, 5.74) is -0.614. The number of hydrogen-bond donors (Lipinski definition) is 4. The van der Waals surface area contributed by atoms with Crippen LogP contribution in [0.1, 0.15) is 67.2 Å². The van der Waals surface area contributed by atoms with Crippen LogP contribution in [-0.2, 0) is 9.59 Å². The van der Waals surface area contributed by atoms with Crippen molar-refractivity contribution < 1.29 is 9.59 Å². The van der Waals surface area contributed by atoms with E-state index >= 15 is 0 Å². The van der Waals surface area contributed by atoms with Crippen molar-refractivity contribution in [1.82, 2.24) is 21.3 Å². The smallest absolute Gasteiger partial charge is 0.225 e. The van der Waals surface area contributed by atoms with Crippen LogP contribution < -0.4 is 21.3 Å². The molecule has 0 aliphatic heterocycles. The third kappa shape index (κ3) is 14.1. The van der Waals surface area contributed by atoms with E-state index in [0.717, 1.165) is 65.0 Å². The van der Waals surface area contributed by atoms with E-state index in [4.69, 9.17) is 0 Å². The molecule has 0 heterocycles. The molecule has 0 unspecified atom stereocenters. The maximum Gasteiger partial charge on any atom is 0.225 e. The minimum Gasteiger partial charge on any atom is -0.356 e. The number of carbonyl (C=O) groups excluding carboxylic acids is 2. The molecule has 0 aliphatic rings. The van der Waals surface area contributed by atoms with Gasteiger partial charge in [-0.1, -0.05) is 41.5 Å². The van der Waals surface area contributed by atoms with Gasteiger partial charge in [0.1, 0.15) is 0 Å². The van der Waals surface area contributed by atoms with E-state index in [1.54, 1.807) is 0 Å². The molecule has 0 bridgehead atoms. The van der Waals surface area contributed by atoms with Crippen LogP contribution in [0.25, 0.3) is 0 Å². The second kappa shape index (κ2) is 13.1. The fourth-order valence-electron chi connectivity index (χ4n) is 2.11. The van der Waals surface area contributed by atoms with E-state index < -0.39 is 0 Å². The van der Waals surface area contributed by atoms with Crippen LogP contribution in [0.4, 0.5) is 0 Å². The maximum atomic E-state index is 11.7. The fraction of sp³-hybridized carbons (Fsp3) is 0.900. The first-order valence-electron chi connectivity index (χ1n) is 10.0. The molecule has 0 aromatic heterocycles. The summed E-state index contributed by atoms with van der Waals surface area (Å²) in [6.45, 7) is 16.9. The molecule has 154 valence electrons. The Morgan fingerprint density at radius 1 is 0.538 bits per heavy atom. The number of hydrogen-bond acceptors (Lipinski definition) is 4. The van der Waals surface area contributed by atoms with Crippen molar-refractivity contribution in [1.29, 1.82) is 0 Å². The van der Waals surface area contributed by atoms with Gasteiger partial charge in [-0.2, -0.15) is 0 Å². The topological polar surface area (TPSA) is 82.3 Å². The molecule has 0 atom stereocenters. The highest BCUT2D eigenvalue weighted by Crippen LogP contribution is 2.12. The maximum absolute atomic E-state index is 11.7. The van der Waals surface area contributed by atoms with E-state index in [2.05, 4.69) is 21.3 Å². The van der Waals surface area contributed by atoms with Gasteiger partial charge in [0, 0.05) is 23.9 Å².